The number of aromatic nitrogens is 2. The lowest BCUT2D eigenvalue weighted by atomic mass is 9.92. The number of nitrogens with one attached hydrogen (secondary N) is 1. The minimum absolute atomic E-state index is 0.701. The maximum absolute atomic E-state index is 4.50. The Hall–Kier alpha value is -0.830. The molecular weight excluding hydrogens is 186 g/mol. The summed E-state index contributed by atoms with van der Waals surface area (Å²) < 4.78 is 2.19. The molecule has 1 aromatic rings. The van der Waals surface area contributed by atoms with Gasteiger partial charge in [-0.2, -0.15) is 5.10 Å². The van der Waals surface area contributed by atoms with Crippen molar-refractivity contribution in [3.05, 3.63) is 18.0 Å². The van der Waals surface area contributed by atoms with E-state index in [0.29, 0.717) is 12.0 Å². The highest BCUT2D eigenvalue weighted by atomic mass is 15.3. The molecule has 15 heavy (non-hydrogen) atoms. The van der Waals surface area contributed by atoms with Crippen molar-refractivity contribution < 1.29 is 0 Å². The van der Waals surface area contributed by atoms with E-state index in [0.717, 1.165) is 6.54 Å². The molecule has 0 radical (unpaired) electrons. The minimum Gasteiger partial charge on any atom is -0.316 e. The highest BCUT2D eigenvalue weighted by Crippen LogP contribution is 2.32. The summed E-state index contributed by atoms with van der Waals surface area (Å²) in [6.45, 7) is 2.32. The lowest BCUT2D eigenvalue weighted by Crippen LogP contribution is -2.28. The molecule has 1 aromatic heterocycles. The Morgan fingerprint density at radius 3 is 2.87 bits per heavy atom. The van der Waals surface area contributed by atoms with Crippen LogP contribution < -0.4 is 5.32 Å². The molecule has 1 saturated carbocycles. The fourth-order valence-electron chi connectivity index (χ4n) is 2.55. The van der Waals surface area contributed by atoms with Crippen molar-refractivity contribution in [2.45, 2.75) is 44.1 Å². The van der Waals surface area contributed by atoms with E-state index >= 15 is 0 Å². The van der Waals surface area contributed by atoms with E-state index in [-0.39, 0.29) is 0 Å². The van der Waals surface area contributed by atoms with Gasteiger partial charge in [-0.15, -0.1) is 0 Å². The molecule has 1 aliphatic carbocycles. The normalized spacial score (nSPS) is 27.6. The molecule has 0 spiro atoms. The Bertz CT molecular complexity index is 321. The first-order chi connectivity index (χ1) is 7.43. The standard InChI is InChI=1S/C12H19N3/c1-4-12(5-1)15-9-11(8-14-15)10-3-2-6-13-7-10/h8-10,12-13H,1-7H2. The summed E-state index contributed by atoms with van der Waals surface area (Å²) >= 11 is 0. The number of rotatable bonds is 2. The third-order valence-corrected chi connectivity index (χ3v) is 3.84. The van der Waals surface area contributed by atoms with Gasteiger partial charge in [0.05, 0.1) is 12.2 Å². The van der Waals surface area contributed by atoms with Gasteiger partial charge in [-0.1, -0.05) is 0 Å². The molecule has 3 rings (SSSR count). The summed E-state index contributed by atoms with van der Waals surface area (Å²) in [5.74, 6) is 0.701. The SMILES string of the molecule is c1nn(C2CCC2)cc1C1CCCNC1. The molecule has 0 amide bonds. The van der Waals surface area contributed by atoms with Gasteiger partial charge in [0.15, 0.2) is 0 Å². The average molecular weight is 205 g/mol. The molecule has 1 N–H and O–H groups in total. The van der Waals surface area contributed by atoms with Gasteiger partial charge in [0.1, 0.15) is 0 Å². The van der Waals surface area contributed by atoms with Crippen LogP contribution in [0.1, 0.15) is 49.6 Å². The third-order valence-electron chi connectivity index (χ3n) is 3.84. The van der Waals surface area contributed by atoms with Crippen molar-refractivity contribution in [2.75, 3.05) is 13.1 Å². The Labute approximate surface area is 90.9 Å². The molecule has 1 atom stereocenters. The van der Waals surface area contributed by atoms with Gasteiger partial charge in [0.2, 0.25) is 0 Å². The molecule has 1 unspecified atom stereocenters. The second-order valence-corrected chi connectivity index (χ2v) is 4.88. The molecule has 82 valence electrons. The van der Waals surface area contributed by atoms with Crippen LogP contribution in [0.3, 0.4) is 0 Å². The van der Waals surface area contributed by atoms with E-state index in [1.807, 2.05) is 0 Å². The van der Waals surface area contributed by atoms with Crippen LogP contribution in [0.4, 0.5) is 0 Å². The predicted molar refractivity (Wildman–Crippen MR) is 60.0 cm³/mol. The van der Waals surface area contributed by atoms with Crippen LogP contribution in [0.5, 0.6) is 0 Å². The van der Waals surface area contributed by atoms with E-state index in [1.54, 1.807) is 0 Å². The van der Waals surface area contributed by atoms with Crippen molar-refractivity contribution in [1.82, 2.24) is 15.1 Å². The van der Waals surface area contributed by atoms with Crippen LogP contribution in [0.25, 0.3) is 0 Å². The maximum atomic E-state index is 4.50. The Balaban J connectivity index is 1.71. The molecule has 3 heteroatoms. The second kappa shape index (κ2) is 3.97. The fourth-order valence-corrected chi connectivity index (χ4v) is 2.55. The molecule has 3 nitrogen and oxygen atoms in total. The van der Waals surface area contributed by atoms with Gasteiger partial charge in [-0.05, 0) is 50.1 Å². The first kappa shape index (κ1) is 9.40. The fraction of sp³-hybridized carbons (Fsp3) is 0.750. The molecule has 2 aliphatic rings. The number of hydrogen-bond acceptors (Lipinski definition) is 2. The lowest BCUT2D eigenvalue weighted by Gasteiger charge is -2.26. The van der Waals surface area contributed by atoms with E-state index in [4.69, 9.17) is 0 Å². The highest BCUT2D eigenvalue weighted by Gasteiger charge is 2.22. The number of piperidine rings is 1. The largest absolute Gasteiger partial charge is 0.316 e. The van der Waals surface area contributed by atoms with Crippen LogP contribution in [-0.4, -0.2) is 22.9 Å². The summed E-state index contributed by atoms with van der Waals surface area (Å²) in [5.41, 5.74) is 1.44. The number of nitrogens with zero attached hydrogens (tertiary/aromatic N) is 2. The topological polar surface area (TPSA) is 29.9 Å². The molecule has 1 aliphatic heterocycles. The third kappa shape index (κ3) is 1.81. The number of hydrogen-bond donors (Lipinski definition) is 1. The van der Waals surface area contributed by atoms with Crippen molar-refractivity contribution in [2.24, 2.45) is 0 Å². The van der Waals surface area contributed by atoms with Gasteiger partial charge in [-0.3, -0.25) is 4.68 Å². The molecule has 0 bridgehead atoms. The smallest absolute Gasteiger partial charge is 0.0525 e. The molecule has 0 aromatic carbocycles. The monoisotopic (exact) mass is 205 g/mol. The van der Waals surface area contributed by atoms with Crippen molar-refractivity contribution in [3.8, 4) is 0 Å². The Kier molecular flexibility index (Phi) is 2.49. The first-order valence-corrected chi connectivity index (χ1v) is 6.18. The van der Waals surface area contributed by atoms with Crippen LogP contribution >= 0.6 is 0 Å². The van der Waals surface area contributed by atoms with E-state index < -0.39 is 0 Å². The van der Waals surface area contributed by atoms with Gasteiger partial charge in [-0.25, -0.2) is 0 Å². The Morgan fingerprint density at radius 1 is 1.27 bits per heavy atom. The van der Waals surface area contributed by atoms with Crippen molar-refractivity contribution in [1.29, 1.82) is 0 Å². The molecule has 2 fully saturated rings. The molecular formula is C12H19N3. The van der Waals surface area contributed by atoms with Crippen LogP contribution in [0, 0.1) is 0 Å². The summed E-state index contributed by atoms with van der Waals surface area (Å²) in [5, 5.41) is 7.97. The first-order valence-electron chi connectivity index (χ1n) is 6.18. The van der Waals surface area contributed by atoms with Crippen molar-refractivity contribution >= 4 is 0 Å². The predicted octanol–water partition coefficient (Wildman–Crippen LogP) is 2.08. The summed E-state index contributed by atoms with van der Waals surface area (Å²) in [7, 11) is 0. The van der Waals surface area contributed by atoms with Crippen LogP contribution in [0.2, 0.25) is 0 Å². The second-order valence-electron chi connectivity index (χ2n) is 4.88. The summed E-state index contributed by atoms with van der Waals surface area (Å²) in [4.78, 5) is 0. The zero-order chi connectivity index (χ0) is 10.1. The minimum atomic E-state index is 0.701. The van der Waals surface area contributed by atoms with Gasteiger partial charge < -0.3 is 5.32 Å². The van der Waals surface area contributed by atoms with Crippen LogP contribution in [-0.2, 0) is 0 Å². The molecule has 1 saturated heterocycles. The summed E-state index contributed by atoms with van der Waals surface area (Å²) in [6.07, 6.45) is 11.0. The zero-order valence-corrected chi connectivity index (χ0v) is 9.15. The van der Waals surface area contributed by atoms with E-state index in [1.165, 1.54) is 44.2 Å². The average Bonchev–Trinajstić information content (AvgIpc) is 2.66. The van der Waals surface area contributed by atoms with Crippen LogP contribution in [0.15, 0.2) is 12.4 Å². The lowest BCUT2D eigenvalue weighted by molar-refractivity contribution is 0.289. The highest BCUT2D eigenvalue weighted by molar-refractivity contribution is 5.13. The molecule has 2 heterocycles. The zero-order valence-electron chi connectivity index (χ0n) is 9.15. The van der Waals surface area contributed by atoms with E-state index in [2.05, 4.69) is 27.5 Å². The van der Waals surface area contributed by atoms with E-state index in [9.17, 15) is 0 Å². The van der Waals surface area contributed by atoms with Gasteiger partial charge in [0, 0.05) is 12.7 Å². The van der Waals surface area contributed by atoms with Gasteiger partial charge >= 0.3 is 0 Å². The quantitative estimate of drug-likeness (QED) is 0.801. The Morgan fingerprint density at radius 2 is 2.20 bits per heavy atom. The van der Waals surface area contributed by atoms with Gasteiger partial charge in [0.25, 0.3) is 0 Å². The van der Waals surface area contributed by atoms with Crippen molar-refractivity contribution in [3.63, 3.8) is 0 Å². The maximum Gasteiger partial charge on any atom is 0.0525 e. The summed E-state index contributed by atoms with van der Waals surface area (Å²) in [6, 6.07) is 0.704.